The Morgan fingerprint density at radius 3 is 2.92 bits per heavy atom. The first kappa shape index (κ1) is 10.5. The second-order valence-electron chi connectivity index (χ2n) is 3.90. The molecule has 0 radical (unpaired) electrons. The molecule has 0 spiro atoms. The predicted molar refractivity (Wildman–Crippen MR) is 51.8 cm³/mol. The van der Waals surface area contributed by atoms with Gasteiger partial charge in [-0.2, -0.15) is 0 Å². The Kier molecular flexibility index (Phi) is 3.69. The third kappa shape index (κ3) is 2.67. The number of hydrogen-bond acceptors (Lipinski definition) is 3. The highest BCUT2D eigenvalue weighted by atomic mass is 16.2. The molecule has 1 saturated heterocycles. The minimum atomic E-state index is -0.0703. The average Bonchev–Trinajstić information content (AvgIpc) is 2.50. The van der Waals surface area contributed by atoms with Gasteiger partial charge in [0.15, 0.2) is 0 Å². The van der Waals surface area contributed by atoms with E-state index in [1.165, 1.54) is 12.8 Å². The molecule has 76 valence electrons. The fourth-order valence-corrected chi connectivity index (χ4v) is 1.84. The zero-order valence-corrected chi connectivity index (χ0v) is 8.42. The summed E-state index contributed by atoms with van der Waals surface area (Å²) in [6.07, 6.45) is 2.50. The third-order valence-electron chi connectivity index (χ3n) is 2.79. The molecule has 0 aromatic heterocycles. The molecule has 0 aromatic rings. The topological polar surface area (TPSA) is 58.4 Å². The fourth-order valence-electron chi connectivity index (χ4n) is 1.84. The monoisotopic (exact) mass is 185 g/mol. The molecule has 2 unspecified atom stereocenters. The molecule has 3 N–H and O–H groups in total. The quantitative estimate of drug-likeness (QED) is 0.372. The maximum Gasteiger partial charge on any atom is 0.237 e. The van der Waals surface area contributed by atoms with Crippen LogP contribution in [0.1, 0.15) is 26.7 Å². The van der Waals surface area contributed by atoms with Crippen molar-refractivity contribution >= 4 is 5.91 Å². The maximum absolute atomic E-state index is 11.1. The lowest BCUT2D eigenvalue weighted by molar-refractivity contribution is -0.125. The number of carbonyl (C=O) groups is 1. The zero-order chi connectivity index (χ0) is 9.84. The summed E-state index contributed by atoms with van der Waals surface area (Å²) in [6, 6.07) is 0.619. The van der Waals surface area contributed by atoms with Gasteiger partial charge in [0.05, 0.1) is 0 Å². The van der Waals surface area contributed by atoms with Gasteiger partial charge in [-0.05, 0) is 26.3 Å². The Labute approximate surface area is 79.4 Å². The summed E-state index contributed by atoms with van der Waals surface area (Å²) < 4.78 is 0. The van der Waals surface area contributed by atoms with Crippen LogP contribution in [0.15, 0.2) is 0 Å². The van der Waals surface area contributed by atoms with Crippen LogP contribution >= 0.6 is 0 Å². The molecule has 4 nitrogen and oxygen atoms in total. The lowest BCUT2D eigenvalue weighted by Gasteiger charge is -2.23. The Hall–Kier alpha value is -0.610. The summed E-state index contributed by atoms with van der Waals surface area (Å²) in [5.41, 5.74) is 2.19. The van der Waals surface area contributed by atoms with Crippen LogP contribution in [0, 0.1) is 5.92 Å². The van der Waals surface area contributed by atoms with Crippen LogP contribution < -0.4 is 11.3 Å². The van der Waals surface area contributed by atoms with E-state index < -0.39 is 0 Å². The van der Waals surface area contributed by atoms with Crippen molar-refractivity contribution in [1.82, 2.24) is 10.3 Å². The summed E-state index contributed by atoms with van der Waals surface area (Å²) in [7, 11) is 0. The van der Waals surface area contributed by atoms with E-state index in [0.29, 0.717) is 6.04 Å². The van der Waals surface area contributed by atoms with E-state index in [2.05, 4.69) is 17.2 Å². The molecular formula is C9H19N3O. The Balaban J connectivity index is 2.34. The number of nitrogens with two attached hydrogens (primary N) is 1. The third-order valence-corrected chi connectivity index (χ3v) is 2.79. The first-order valence-electron chi connectivity index (χ1n) is 4.89. The van der Waals surface area contributed by atoms with Gasteiger partial charge in [-0.25, -0.2) is 5.84 Å². The van der Waals surface area contributed by atoms with E-state index in [1.807, 2.05) is 6.92 Å². The number of likely N-dealkylation sites (tertiary alicyclic amines) is 1. The molecule has 1 fully saturated rings. The van der Waals surface area contributed by atoms with Gasteiger partial charge in [0.1, 0.15) is 0 Å². The van der Waals surface area contributed by atoms with Gasteiger partial charge < -0.3 is 0 Å². The molecule has 0 saturated carbocycles. The van der Waals surface area contributed by atoms with E-state index in [9.17, 15) is 4.79 Å². The van der Waals surface area contributed by atoms with Crippen molar-refractivity contribution in [2.24, 2.45) is 11.8 Å². The zero-order valence-electron chi connectivity index (χ0n) is 8.42. The molecule has 2 atom stereocenters. The molecule has 13 heavy (non-hydrogen) atoms. The van der Waals surface area contributed by atoms with E-state index >= 15 is 0 Å². The van der Waals surface area contributed by atoms with Crippen LogP contribution in [0.5, 0.6) is 0 Å². The molecule has 1 aliphatic rings. The van der Waals surface area contributed by atoms with Crippen molar-refractivity contribution in [2.45, 2.75) is 32.7 Å². The van der Waals surface area contributed by atoms with Crippen LogP contribution in [0.3, 0.4) is 0 Å². The van der Waals surface area contributed by atoms with Crippen LogP contribution in [0.2, 0.25) is 0 Å². The number of rotatable bonds is 3. The Morgan fingerprint density at radius 1 is 1.77 bits per heavy atom. The number of carbonyl (C=O) groups excluding carboxylic acids is 1. The van der Waals surface area contributed by atoms with Crippen LogP contribution in [-0.2, 0) is 4.79 Å². The molecule has 0 bridgehead atoms. The predicted octanol–water partition coefficient (Wildman–Crippen LogP) is 0.0967. The van der Waals surface area contributed by atoms with Gasteiger partial charge in [-0.3, -0.25) is 15.1 Å². The summed E-state index contributed by atoms with van der Waals surface area (Å²) in [4.78, 5) is 13.5. The second-order valence-corrected chi connectivity index (χ2v) is 3.90. The second kappa shape index (κ2) is 4.58. The number of hydrazine groups is 1. The van der Waals surface area contributed by atoms with Crippen molar-refractivity contribution in [2.75, 3.05) is 13.1 Å². The number of nitrogens with one attached hydrogen (secondary N) is 1. The lowest BCUT2D eigenvalue weighted by Crippen LogP contribution is -2.41. The number of hydrogen-bond donors (Lipinski definition) is 2. The normalized spacial score (nSPS) is 25.9. The lowest BCUT2D eigenvalue weighted by atomic mass is 10.1. The van der Waals surface area contributed by atoms with Crippen molar-refractivity contribution < 1.29 is 4.79 Å². The Bertz CT molecular complexity index is 184. The Morgan fingerprint density at radius 2 is 2.46 bits per heavy atom. The number of nitrogens with zero attached hydrogens (tertiary/aromatic N) is 1. The van der Waals surface area contributed by atoms with Gasteiger partial charge in [-0.1, -0.05) is 6.92 Å². The number of amides is 1. The summed E-state index contributed by atoms with van der Waals surface area (Å²) in [5, 5.41) is 0. The molecule has 0 aromatic carbocycles. The first-order valence-corrected chi connectivity index (χ1v) is 4.89. The van der Waals surface area contributed by atoms with Gasteiger partial charge in [0.25, 0.3) is 0 Å². The van der Waals surface area contributed by atoms with Gasteiger partial charge >= 0.3 is 0 Å². The summed E-state index contributed by atoms with van der Waals surface area (Å²) >= 11 is 0. The molecule has 4 heteroatoms. The molecule has 1 rings (SSSR count). The highest BCUT2D eigenvalue weighted by Crippen LogP contribution is 2.17. The SMILES string of the molecule is CC(CN1CCCC1C)C(=O)NN. The highest BCUT2D eigenvalue weighted by Gasteiger charge is 2.23. The van der Waals surface area contributed by atoms with Gasteiger partial charge in [0, 0.05) is 18.5 Å². The minimum absolute atomic E-state index is 0.00875. The van der Waals surface area contributed by atoms with E-state index in [4.69, 9.17) is 5.84 Å². The maximum atomic E-state index is 11.1. The largest absolute Gasteiger partial charge is 0.300 e. The van der Waals surface area contributed by atoms with Gasteiger partial charge in [-0.15, -0.1) is 0 Å². The van der Waals surface area contributed by atoms with Crippen LogP contribution in [0.25, 0.3) is 0 Å². The van der Waals surface area contributed by atoms with Crippen molar-refractivity contribution in [3.8, 4) is 0 Å². The van der Waals surface area contributed by atoms with Crippen LogP contribution in [-0.4, -0.2) is 29.9 Å². The van der Waals surface area contributed by atoms with Crippen molar-refractivity contribution in [3.05, 3.63) is 0 Å². The van der Waals surface area contributed by atoms with Crippen molar-refractivity contribution in [3.63, 3.8) is 0 Å². The van der Waals surface area contributed by atoms with E-state index in [0.717, 1.165) is 13.1 Å². The summed E-state index contributed by atoms with van der Waals surface area (Å²) in [6.45, 7) is 6.06. The van der Waals surface area contributed by atoms with E-state index in [1.54, 1.807) is 0 Å². The minimum Gasteiger partial charge on any atom is -0.300 e. The average molecular weight is 185 g/mol. The molecule has 1 amide bonds. The van der Waals surface area contributed by atoms with Crippen molar-refractivity contribution in [1.29, 1.82) is 0 Å². The van der Waals surface area contributed by atoms with E-state index in [-0.39, 0.29) is 11.8 Å². The smallest absolute Gasteiger partial charge is 0.237 e. The molecule has 1 aliphatic heterocycles. The van der Waals surface area contributed by atoms with Crippen LogP contribution in [0.4, 0.5) is 0 Å². The standard InChI is InChI=1S/C9H19N3O/c1-7(9(13)11-10)6-12-5-3-4-8(12)2/h7-8H,3-6,10H2,1-2H3,(H,11,13). The molecular weight excluding hydrogens is 166 g/mol. The highest BCUT2D eigenvalue weighted by molar-refractivity contribution is 5.77. The fraction of sp³-hybridized carbons (Fsp3) is 0.889. The molecule has 0 aliphatic carbocycles. The first-order chi connectivity index (χ1) is 6.15. The molecule has 1 heterocycles. The van der Waals surface area contributed by atoms with Gasteiger partial charge in [0.2, 0.25) is 5.91 Å². The summed E-state index contributed by atoms with van der Waals surface area (Å²) in [5.74, 6) is 4.98.